The number of benzene rings is 2. The number of pyridine rings is 1. The second kappa shape index (κ2) is 9.99. The predicted octanol–water partition coefficient (Wildman–Crippen LogP) is 4.89. The fourth-order valence-corrected chi connectivity index (χ4v) is 3.26. The van der Waals surface area contributed by atoms with Gasteiger partial charge in [-0.25, -0.2) is 13.8 Å². The molecule has 9 heteroatoms. The van der Waals surface area contributed by atoms with E-state index in [1.165, 1.54) is 25.1 Å². The number of hydrogen-bond donors (Lipinski definition) is 3. The lowest BCUT2D eigenvalue weighted by atomic mass is 10.1. The zero-order valence-corrected chi connectivity index (χ0v) is 18.4. The molecule has 0 spiro atoms. The first kappa shape index (κ1) is 23.5. The number of rotatable bonds is 8. The third-order valence-corrected chi connectivity index (χ3v) is 4.94. The molecule has 0 aliphatic rings. The Labute approximate surface area is 190 Å². The topological polar surface area (TPSA) is 86.7 Å². The molecule has 3 rings (SSSR count). The largest absolute Gasteiger partial charge is 0.505 e. The van der Waals surface area contributed by atoms with Crippen LogP contribution in [0.4, 0.5) is 31.7 Å². The van der Waals surface area contributed by atoms with E-state index in [9.17, 15) is 18.7 Å². The van der Waals surface area contributed by atoms with Crippen molar-refractivity contribution in [3.05, 3.63) is 78.0 Å². The summed E-state index contributed by atoms with van der Waals surface area (Å²) in [4.78, 5) is 17.4. The normalized spacial score (nSPS) is 10.5. The Bertz CT molecular complexity index is 1180. The highest BCUT2D eigenvalue weighted by Gasteiger charge is 2.22. The number of aryl methyl sites for hydroxylation is 1. The van der Waals surface area contributed by atoms with Crippen LogP contribution in [-0.4, -0.2) is 30.2 Å². The second-order valence-corrected chi connectivity index (χ2v) is 7.30. The van der Waals surface area contributed by atoms with Gasteiger partial charge in [-0.3, -0.25) is 4.79 Å². The summed E-state index contributed by atoms with van der Waals surface area (Å²) in [6.45, 7) is 5.47. The van der Waals surface area contributed by atoms with E-state index in [-0.39, 0.29) is 18.2 Å². The third kappa shape index (κ3) is 5.20. The van der Waals surface area contributed by atoms with Crippen LogP contribution >= 0.6 is 0 Å². The Hall–Kier alpha value is -4.14. The highest BCUT2D eigenvalue weighted by atomic mass is 19.1. The molecule has 0 atom stereocenters. The Morgan fingerprint density at radius 2 is 2.03 bits per heavy atom. The van der Waals surface area contributed by atoms with Gasteiger partial charge in [0, 0.05) is 25.9 Å². The van der Waals surface area contributed by atoms with E-state index in [0.717, 1.165) is 11.6 Å². The molecule has 33 heavy (non-hydrogen) atoms. The molecule has 1 aromatic heterocycles. The number of methoxy groups -OCH3 is 1. The zero-order valence-electron chi connectivity index (χ0n) is 18.4. The maximum Gasteiger partial charge on any atom is 0.247 e. The number of ether oxygens (including phenoxy) is 1. The van der Waals surface area contributed by atoms with Crippen LogP contribution in [0.15, 0.2) is 55.3 Å². The maximum absolute atomic E-state index is 14.6. The Kier molecular flexibility index (Phi) is 7.12. The van der Waals surface area contributed by atoms with Gasteiger partial charge in [-0.1, -0.05) is 24.8 Å². The van der Waals surface area contributed by atoms with E-state index < -0.39 is 23.1 Å². The van der Waals surface area contributed by atoms with Gasteiger partial charge in [0.05, 0.1) is 18.5 Å². The first-order chi connectivity index (χ1) is 15.7. The number of para-hydroxylation sites is 1. The van der Waals surface area contributed by atoms with Crippen molar-refractivity contribution in [2.75, 3.05) is 29.7 Å². The van der Waals surface area contributed by atoms with Crippen molar-refractivity contribution in [2.24, 2.45) is 0 Å². The minimum absolute atomic E-state index is 0.124. The van der Waals surface area contributed by atoms with Gasteiger partial charge >= 0.3 is 0 Å². The quantitative estimate of drug-likeness (QED) is 0.421. The number of nitrogens with zero attached hydrogens (tertiary/aromatic N) is 2. The average Bonchev–Trinajstić information content (AvgIpc) is 2.79. The molecule has 3 N–H and O–H groups in total. The first-order valence-corrected chi connectivity index (χ1v) is 9.96. The SMILES string of the molecule is C=CC(=O)Nc1cccc(C)c1Nc1ccc(CN(C)c2c(F)c(O)cc(OC)c2F)cn1. The van der Waals surface area contributed by atoms with Crippen LogP contribution in [0.5, 0.6) is 11.5 Å². The molecule has 1 amide bonds. The lowest BCUT2D eigenvalue weighted by Gasteiger charge is -2.22. The van der Waals surface area contributed by atoms with Gasteiger partial charge in [-0.05, 0) is 36.3 Å². The van der Waals surface area contributed by atoms with E-state index in [2.05, 4.69) is 22.2 Å². The molecule has 0 fully saturated rings. The zero-order chi connectivity index (χ0) is 24.1. The van der Waals surface area contributed by atoms with Crippen molar-refractivity contribution in [3.63, 3.8) is 0 Å². The summed E-state index contributed by atoms with van der Waals surface area (Å²) in [5.74, 6) is -2.76. The molecule has 0 radical (unpaired) electrons. The summed E-state index contributed by atoms with van der Waals surface area (Å²) >= 11 is 0. The molecule has 3 aromatic rings. The molecule has 7 nitrogen and oxygen atoms in total. The predicted molar refractivity (Wildman–Crippen MR) is 124 cm³/mol. The fraction of sp³-hybridized carbons (Fsp3) is 0.167. The summed E-state index contributed by atoms with van der Waals surface area (Å²) < 4.78 is 33.8. The van der Waals surface area contributed by atoms with Gasteiger partial charge in [0.2, 0.25) is 5.91 Å². The number of phenolic OH excluding ortho intramolecular Hbond substituents is 1. The van der Waals surface area contributed by atoms with Gasteiger partial charge in [0.25, 0.3) is 0 Å². The Morgan fingerprint density at radius 1 is 1.27 bits per heavy atom. The molecule has 0 unspecified atom stereocenters. The first-order valence-electron chi connectivity index (χ1n) is 9.96. The monoisotopic (exact) mass is 454 g/mol. The van der Waals surface area contributed by atoms with Crippen molar-refractivity contribution in [2.45, 2.75) is 13.5 Å². The average molecular weight is 454 g/mol. The van der Waals surface area contributed by atoms with E-state index >= 15 is 0 Å². The second-order valence-electron chi connectivity index (χ2n) is 7.30. The molecular weight excluding hydrogens is 430 g/mol. The van der Waals surface area contributed by atoms with E-state index in [1.807, 2.05) is 19.1 Å². The van der Waals surface area contributed by atoms with E-state index in [1.54, 1.807) is 24.4 Å². The van der Waals surface area contributed by atoms with Crippen LogP contribution in [-0.2, 0) is 11.3 Å². The highest BCUT2D eigenvalue weighted by molar-refractivity contribution is 6.01. The van der Waals surface area contributed by atoms with Crippen LogP contribution in [0.25, 0.3) is 0 Å². The Morgan fingerprint density at radius 3 is 2.67 bits per heavy atom. The Balaban J connectivity index is 1.80. The third-order valence-electron chi connectivity index (χ3n) is 4.94. The number of nitrogens with one attached hydrogen (secondary N) is 2. The van der Waals surface area contributed by atoms with Crippen LogP contribution in [0.1, 0.15) is 11.1 Å². The van der Waals surface area contributed by atoms with Crippen molar-refractivity contribution < 1.29 is 23.4 Å². The van der Waals surface area contributed by atoms with Gasteiger partial charge < -0.3 is 25.4 Å². The summed E-state index contributed by atoms with van der Waals surface area (Å²) in [5.41, 5.74) is 2.42. The molecular formula is C24H24F2N4O3. The number of hydrogen-bond acceptors (Lipinski definition) is 6. The van der Waals surface area contributed by atoms with E-state index in [0.29, 0.717) is 22.8 Å². The number of aromatic nitrogens is 1. The molecule has 0 saturated heterocycles. The lowest BCUT2D eigenvalue weighted by Crippen LogP contribution is -2.20. The van der Waals surface area contributed by atoms with Crippen molar-refractivity contribution in [1.29, 1.82) is 0 Å². The smallest absolute Gasteiger partial charge is 0.247 e. The van der Waals surface area contributed by atoms with Crippen molar-refractivity contribution in [1.82, 2.24) is 4.98 Å². The molecule has 0 bridgehead atoms. The molecule has 172 valence electrons. The number of carbonyl (C=O) groups excluding carboxylic acids is 1. The van der Waals surface area contributed by atoms with Crippen LogP contribution in [0, 0.1) is 18.6 Å². The van der Waals surface area contributed by atoms with Gasteiger partial charge in [-0.15, -0.1) is 0 Å². The molecule has 0 aliphatic heterocycles. The number of anilines is 4. The van der Waals surface area contributed by atoms with Gasteiger partial charge in [0.15, 0.2) is 23.1 Å². The minimum Gasteiger partial charge on any atom is -0.505 e. The minimum atomic E-state index is -1.07. The number of amides is 1. The summed E-state index contributed by atoms with van der Waals surface area (Å²) in [5, 5.41) is 15.7. The summed E-state index contributed by atoms with van der Waals surface area (Å²) in [6, 6.07) is 9.82. The molecule has 2 aromatic carbocycles. The lowest BCUT2D eigenvalue weighted by molar-refractivity contribution is -0.111. The molecule has 0 saturated carbocycles. The van der Waals surface area contributed by atoms with Crippen LogP contribution < -0.4 is 20.3 Å². The molecule has 1 heterocycles. The fourth-order valence-electron chi connectivity index (χ4n) is 3.26. The van der Waals surface area contributed by atoms with Gasteiger partial charge in [-0.2, -0.15) is 0 Å². The number of aromatic hydroxyl groups is 1. The van der Waals surface area contributed by atoms with Crippen LogP contribution in [0.2, 0.25) is 0 Å². The standard InChI is InChI=1S/C24H24F2N4O3/c1-5-20(32)28-16-8-6-7-14(2)23(16)29-19-10-9-15(12-27-19)13-30(3)24-21(25)17(31)11-18(33-4)22(24)26/h5-12,31H,1,13H2,2-4H3,(H,27,29)(H,28,32). The highest BCUT2D eigenvalue weighted by Crippen LogP contribution is 2.36. The molecule has 0 aliphatic carbocycles. The van der Waals surface area contributed by atoms with Gasteiger partial charge in [0.1, 0.15) is 11.5 Å². The van der Waals surface area contributed by atoms with E-state index in [4.69, 9.17) is 4.74 Å². The van der Waals surface area contributed by atoms with Crippen LogP contribution in [0.3, 0.4) is 0 Å². The summed E-state index contributed by atoms with van der Waals surface area (Å²) in [7, 11) is 2.73. The maximum atomic E-state index is 14.6. The number of phenols is 1. The number of halogens is 2. The summed E-state index contributed by atoms with van der Waals surface area (Å²) in [6.07, 6.45) is 2.75. The van der Waals surface area contributed by atoms with Crippen molar-refractivity contribution in [3.8, 4) is 11.5 Å². The van der Waals surface area contributed by atoms with Crippen molar-refractivity contribution >= 4 is 28.8 Å². The number of carbonyl (C=O) groups is 1.